The summed E-state index contributed by atoms with van der Waals surface area (Å²) in [4.78, 5) is 0. The van der Waals surface area contributed by atoms with Crippen molar-refractivity contribution in [1.82, 2.24) is 0 Å². The van der Waals surface area contributed by atoms with Crippen LogP contribution in [0.2, 0.25) is 0 Å². The van der Waals surface area contributed by atoms with Gasteiger partial charge in [0.05, 0.1) is 12.8 Å². The third-order valence-electron chi connectivity index (χ3n) is 2.31. The predicted molar refractivity (Wildman–Crippen MR) is 63.8 cm³/mol. The van der Waals surface area contributed by atoms with Crippen LogP contribution in [0.25, 0.3) is 0 Å². The summed E-state index contributed by atoms with van der Waals surface area (Å²) in [7, 11) is 1.41. The highest BCUT2D eigenvalue weighted by Gasteiger charge is 2.10. The first-order valence-electron chi connectivity index (χ1n) is 5.16. The second kappa shape index (κ2) is 4.91. The fourth-order valence-electron chi connectivity index (χ4n) is 1.46. The van der Waals surface area contributed by atoms with Crippen LogP contribution in [0.15, 0.2) is 36.4 Å². The highest BCUT2D eigenvalue weighted by molar-refractivity contribution is 5.56. The molecule has 18 heavy (non-hydrogen) atoms. The van der Waals surface area contributed by atoms with E-state index in [0.29, 0.717) is 5.75 Å². The molecule has 0 aliphatic rings. The molecule has 0 saturated heterocycles. The minimum absolute atomic E-state index is 0.0772. The molecule has 0 saturated carbocycles. The van der Waals surface area contributed by atoms with E-state index < -0.39 is 11.6 Å². The van der Waals surface area contributed by atoms with Gasteiger partial charge in [-0.3, -0.25) is 0 Å². The number of ether oxygens (including phenoxy) is 2. The van der Waals surface area contributed by atoms with Crippen LogP contribution >= 0.6 is 0 Å². The molecular formula is C13H11F2NO2. The minimum Gasteiger partial charge on any atom is -0.494 e. The number of rotatable bonds is 3. The number of nitrogen functional groups attached to an aromatic ring is 1. The minimum atomic E-state index is -0.641. The summed E-state index contributed by atoms with van der Waals surface area (Å²) < 4.78 is 36.8. The molecule has 0 amide bonds. The van der Waals surface area contributed by atoms with Gasteiger partial charge in [0.15, 0.2) is 11.6 Å². The predicted octanol–water partition coefficient (Wildman–Crippen LogP) is 3.35. The second-order valence-electron chi connectivity index (χ2n) is 3.58. The Labute approximate surface area is 103 Å². The molecule has 2 aromatic rings. The number of hydrogen-bond acceptors (Lipinski definition) is 3. The molecule has 94 valence electrons. The zero-order valence-electron chi connectivity index (χ0n) is 9.61. The molecule has 0 spiro atoms. The van der Waals surface area contributed by atoms with Crippen molar-refractivity contribution in [3.05, 3.63) is 48.0 Å². The molecule has 0 aliphatic carbocycles. The topological polar surface area (TPSA) is 44.5 Å². The van der Waals surface area contributed by atoms with Gasteiger partial charge in [-0.15, -0.1) is 0 Å². The number of anilines is 1. The van der Waals surface area contributed by atoms with Crippen LogP contribution in [-0.2, 0) is 0 Å². The molecule has 2 rings (SSSR count). The van der Waals surface area contributed by atoms with Crippen LogP contribution in [0.3, 0.4) is 0 Å². The van der Waals surface area contributed by atoms with Gasteiger partial charge in [0.1, 0.15) is 17.3 Å². The number of halogens is 2. The van der Waals surface area contributed by atoms with Crippen molar-refractivity contribution in [2.75, 3.05) is 12.8 Å². The molecule has 0 heterocycles. The average Bonchev–Trinajstić information content (AvgIpc) is 2.33. The van der Waals surface area contributed by atoms with Crippen molar-refractivity contribution in [2.24, 2.45) is 0 Å². The first-order valence-corrected chi connectivity index (χ1v) is 5.16. The summed E-state index contributed by atoms with van der Waals surface area (Å²) in [5.74, 6) is -0.692. The third-order valence-corrected chi connectivity index (χ3v) is 2.31. The fourth-order valence-corrected chi connectivity index (χ4v) is 1.46. The standard InChI is InChI=1S/C13H11F2NO2/c1-17-13-7-12(10(15)6-11(13)16)18-9-4-2-3-8(14)5-9/h2-7H,16H2,1H3. The molecule has 0 unspecified atom stereocenters. The van der Waals surface area contributed by atoms with Gasteiger partial charge >= 0.3 is 0 Å². The maximum absolute atomic E-state index is 13.6. The highest BCUT2D eigenvalue weighted by atomic mass is 19.1. The van der Waals surface area contributed by atoms with E-state index >= 15 is 0 Å². The van der Waals surface area contributed by atoms with Gasteiger partial charge in [0.2, 0.25) is 0 Å². The smallest absolute Gasteiger partial charge is 0.168 e. The highest BCUT2D eigenvalue weighted by Crippen LogP contribution is 2.32. The maximum Gasteiger partial charge on any atom is 0.168 e. The van der Waals surface area contributed by atoms with E-state index in [9.17, 15) is 8.78 Å². The van der Waals surface area contributed by atoms with Crippen LogP contribution in [0, 0.1) is 11.6 Å². The van der Waals surface area contributed by atoms with E-state index in [1.807, 2.05) is 0 Å². The first-order chi connectivity index (χ1) is 8.60. The van der Waals surface area contributed by atoms with E-state index in [2.05, 4.69) is 0 Å². The van der Waals surface area contributed by atoms with Crippen molar-refractivity contribution < 1.29 is 18.3 Å². The Bertz CT molecular complexity index is 573. The van der Waals surface area contributed by atoms with E-state index in [1.165, 1.54) is 31.4 Å². The lowest BCUT2D eigenvalue weighted by Crippen LogP contribution is -1.96. The Morgan fingerprint density at radius 1 is 1.06 bits per heavy atom. The van der Waals surface area contributed by atoms with Crippen molar-refractivity contribution in [3.63, 3.8) is 0 Å². The van der Waals surface area contributed by atoms with Crippen LogP contribution in [0.1, 0.15) is 0 Å². The summed E-state index contributed by atoms with van der Waals surface area (Å²) in [6.07, 6.45) is 0. The van der Waals surface area contributed by atoms with Gasteiger partial charge in [-0.1, -0.05) is 6.07 Å². The van der Waals surface area contributed by atoms with Crippen LogP contribution in [0.5, 0.6) is 17.2 Å². The third kappa shape index (κ3) is 2.51. The van der Waals surface area contributed by atoms with Gasteiger partial charge in [-0.2, -0.15) is 0 Å². The molecular weight excluding hydrogens is 240 g/mol. The molecule has 0 bridgehead atoms. The Morgan fingerprint density at radius 3 is 2.50 bits per heavy atom. The monoisotopic (exact) mass is 251 g/mol. The Kier molecular flexibility index (Phi) is 3.32. The van der Waals surface area contributed by atoms with Crippen LogP contribution in [0.4, 0.5) is 14.5 Å². The number of methoxy groups -OCH3 is 1. The summed E-state index contributed by atoms with van der Waals surface area (Å²) >= 11 is 0. The lowest BCUT2D eigenvalue weighted by atomic mass is 10.2. The summed E-state index contributed by atoms with van der Waals surface area (Å²) in [5, 5.41) is 0. The van der Waals surface area contributed by atoms with Gasteiger partial charge < -0.3 is 15.2 Å². The fraction of sp³-hybridized carbons (Fsp3) is 0.0769. The van der Waals surface area contributed by atoms with Crippen molar-refractivity contribution in [1.29, 1.82) is 0 Å². The van der Waals surface area contributed by atoms with Gasteiger partial charge in [0, 0.05) is 18.2 Å². The maximum atomic E-state index is 13.6. The van der Waals surface area contributed by atoms with Crippen molar-refractivity contribution >= 4 is 5.69 Å². The lowest BCUT2D eigenvalue weighted by Gasteiger charge is -2.10. The normalized spacial score (nSPS) is 10.2. The van der Waals surface area contributed by atoms with Crippen LogP contribution < -0.4 is 15.2 Å². The molecule has 0 atom stereocenters. The number of benzene rings is 2. The van der Waals surface area contributed by atoms with E-state index in [4.69, 9.17) is 15.2 Å². The Morgan fingerprint density at radius 2 is 1.83 bits per heavy atom. The van der Waals surface area contributed by atoms with Gasteiger partial charge in [-0.05, 0) is 12.1 Å². The molecule has 0 aromatic heterocycles. The molecule has 2 N–H and O–H groups in total. The lowest BCUT2D eigenvalue weighted by molar-refractivity contribution is 0.402. The van der Waals surface area contributed by atoms with Crippen molar-refractivity contribution in [3.8, 4) is 17.2 Å². The second-order valence-corrected chi connectivity index (χ2v) is 3.58. The Balaban J connectivity index is 2.34. The summed E-state index contributed by atoms with van der Waals surface area (Å²) in [6.45, 7) is 0. The zero-order valence-corrected chi connectivity index (χ0v) is 9.61. The number of nitrogens with two attached hydrogens (primary N) is 1. The molecule has 0 radical (unpaired) electrons. The number of hydrogen-bond donors (Lipinski definition) is 1. The van der Waals surface area contributed by atoms with Crippen molar-refractivity contribution in [2.45, 2.75) is 0 Å². The zero-order chi connectivity index (χ0) is 13.1. The van der Waals surface area contributed by atoms with E-state index in [0.717, 1.165) is 12.1 Å². The summed E-state index contributed by atoms with van der Waals surface area (Å²) in [5.41, 5.74) is 5.71. The average molecular weight is 251 g/mol. The van der Waals surface area contributed by atoms with E-state index in [1.54, 1.807) is 0 Å². The molecule has 0 aliphatic heterocycles. The van der Waals surface area contributed by atoms with Gasteiger partial charge in [0.25, 0.3) is 0 Å². The summed E-state index contributed by atoms with van der Waals surface area (Å²) in [6, 6.07) is 7.82. The molecule has 5 heteroatoms. The first kappa shape index (κ1) is 12.2. The SMILES string of the molecule is COc1cc(Oc2cccc(F)c2)c(F)cc1N. The Hall–Kier alpha value is -2.30. The van der Waals surface area contributed by atoms with Crippen LogP contribution in [-0.4, -0.2) is 7.11 Å². The molecule has 0 fully saturated rings. The molecule has 2 aromatic carbocycles. The van der Waals surface area contributed by atoms with E-state index in [-0.39, 0.29) is 17.2 Å². The quantitative estimate of drug-likeness (QED) is 0.851. The molecule has 3 nitrogen and oxygen atoms in total. The van der Waals surface area contributed by atoms with Gasteiger partial charge in [-0.25, -0.2) is 8.78 Å². The largest absolute Gasteiger partial charge is 0.494 e.